The summed E-state index contributed by atoms with van der Waals surface area (Å²) in [7, 11) is 1.96. The standard InChI is InChI=1S/C20H22N4O2/c1-4-26-20(25)15-7-10-18-17(11-15)23-19(24(18)3)12-22-16-8-5-14(6-9-16)13(2)21/h5-11,21-22H,4,12H2,1-3H3. The Morgan fingerprint density at radius 2 is 1.88 bits per heavy atom. The van der Waals surface area contributed by atoms with E-state index in [-0.39, 0.29) is 5.97 Å². The molecule has 0 saturated heterocycles. The highest BCUT2D eigenvalue weighted by Gasteiger charge is 2.12. The van der Waals surface area contributed by atoms with Gasteiger partial charge in [-0.05, 0) is 49.7 Å². The maximum atomic E-state index is 11.9. The molecule has 1 heterocycles. The molecule has 1 aromatic heterocycles. The van der Waals surface area contributed by atoms with Gasteiger partial charge >= 0.3 is 5.97 Å². The Balaban J connectivity index is 1.78. The molecule has 0 bridgehead atoms. The summed E-state index contributed by atoms with van der Waals surface area (Å²) < 4.78 is 7.05. The SMILES string of the molecule is CCOC(=O)c1ccc2c(c1)nc(CNc1ccc(C(C)=N)cc1)n2C. The summed E-state index contributed by atoms with van der Waals surface area (Å²) in [5, 5.41) is 11.0. The molecule has 0 saturated carbocycles. The van der Waals surface area contributed by atoms with Crippen LogP contribution in [0.2, 0.25) is 0 Å². The van der Waals surface area contributed by atoms with Crippen molar-refractivity contribution in [1.29, 1.82) is 5.41 Å². The summed E-state index contributed by atoms with van der Waals surface area (Å²) in [6.07, 6.45) is 0. The lowest BCUT2D eigenvalue weighted by molar-refractivity contribution is 0.0526. The first-order valence-electron chi connectivity index (χ1n) is 8.51. The second kappa shape index (κ2) is 7.39. The first-order valence-corrected chi connectivity index (χ1v) is 8.51. The molecule has 0 spiro atoms. The Morgan fingerprint density at radius 1 is 1.19 bits per heavy atom. The van der Waals surface area contributed by atoms with E-state index in [1.807, 2.05) is 41.9 Å². The monoisotopic (exact) mass is 350 g/mol. The van der Waals surface area contributed by atoms with Crippen LogP contribution in [-0.2, 0) is 18.3 Å². The summed E-state index contributed by atoms with van der Waals surface area (Å²) in [5.41, 5.74) is 4.66. The minimum atomic E-state index is -0.332. The largest absolute Gasteiger partial charge is 0.462 e. The number of fused-ring (bicyclic) bond motifs is 1. The average molecular weight is 350 g/mol. The molecule has 0 unspecified atom stereocenters. The zero-order valence-electron chi connectivity index (χ0n) is 15.2. The van der Waals surface area contributed by atoms with Crippen molar-refractivity contribution in [3.05, 3.63) is 59.4 Å². The van der Waals surface area contributed by atoms with Crippen LogP contribution in [0.25, 0.3) is 11.0 Å². The summed E-state index contributed by atoms with van der Waals surface area (Å²) in [6.45, 7) is 4.47. The number of aryl methyl sites for hydroxylation is 1. The van der Waals surface area contributed by atoms with E-state index < -0.39 is 0 Å². The molecule has 6 nitrogen and oxygen atoms in total. The van der Waals surface area contributed by atoms with Crippen molar-refractivity contribution in [3.8, 4) is 0 Å². The molecule has 2 N–H and O–H groups in total. The minimum Gasteiger partial charge on any atom is -0.462 e. The third-order valence-electron chi connectivity index (χ3n) is 4.25. The quantitative estimate of drug-likeness (QED) is 0.524. The molecule has 0 aliphatic heterocycles. The number of hydrogen-bond acceptors (Lipinski definition) is 5. The molecule has 0 amide bonds. The van der Waals surface area contributed by atoms with Crippen LogP contribution in [0.15, 0.2) is 42.5 Å². The Hall–Kier alpha value is -3.15. The van der Waals surface area contributed by atoms with Crippen molar-refractivity contribution >= 4 is 28.4 Å². The van der Waals surface area contributed by atoms with Gasteiger partial charge in [-0.2, -0.15) is 0 Å². The van der Waals surface area contributed by atoms with E-state index >= 15 is 0 Å². The molecular formula is C20H22N4O2. The maximum absolute atomic E-state index is 11.9. The molecule has 3 rings (SSSR count). The van der Waals surface area contributed by atoms with Gasteiger partial charge in [0.15, 0.2) is 0 Å². The Labute approximate surface area is 152 Å². The maximum Gasteiger partial charge on any atom is 0.338 e. The van der Waals surface area contributed by atoms with Gasteiger partial charge in [-0.1, -0.05) is 12.1 Å². The van der Waals surface area contributed by atoms with Gasteiger partial charge in [0.1, 0.15) is 5.82 Å². The van der Waals surface area contributed by atoms with Crippen molar-refractivity contribution < 1.29 is 9.53 Å². The molecule has 134 valence electrons. The van der Waals surface area contributed by atoms with Gasteiger partial charge in [0.05, 0.1) is 29.7 Å². The smallest absolute Gasteiger partial charge is 0.338 e. The number of imidazole rings is 1. The molecule has 2 aromatic carbocycles. The van der Waals surface area contributed by atoms with E-state index in [4.69, 9.17) is 10.1 Å². The van der Waals surface area contributed by atoms with Gasteiger partial charge in [0.2, 0.25) is 0 Å². The summed E-state index contributed by atoms with van der Waals surface area (Å²) >= 11 is 0. The predicted octanol–water partition coefficient (Wildman–Crippen LogP) is 3.75. The normalized spacial score (nSPS) is 10.7. The van der Waals surface area contributed by atoms with Crippen LogP contribution in [0.5, 0.6) is 0 Å². The van der Waals surface area contributed by atoms with Gasteiger partial charge in [-0.25, -0.2) is 9.78 Å². The number of benzene rings is 2. The van der Waals surface area contributed by atoms with E-state index in [0.29, 0.717) is 24.4 Å². The molecule has 26 heavy (non-hydrogen) atoms. The summed E-state index contributed by atoms with van der Waals surface area (Å²) in [5.74, 6) is 0.537. The summed E-state index contributed by atoms with van der Waals surface area (Å²) in [6, 6.07) is 13.2. The first kappa shape index (κ1) is 17.7. The highest BCUT2D eigenvalue weighted by atomic mass is 16.5. The van der Waals surface area contributed by atoms with E-state index in [9.17, 15) is 4.79 Å². The predicted molar refractivity (Wildman–Crippen MR) is 103 cm³/mol. The molecule has 0 aliphatic carbocycles. The van der Waals surface area contributed by atoms with Crippen LogP contribution in [0.3, 0.4) is 0 Å². The number of carbonyl (C=O) groups is 1. The Morgan fingerprint density at radius 3 is 2.54 bits per heavy atom. The van der Waals surface area contributed by atoms with Crippen LogP contribution in [0.1, 0.15) is 35.6 Å². The number of nitrogens with one attached hydrogen (secondary N) is 2. The summed E-state index contributed by atoms with van der Waals surface area (Å²) in [4.78, 5) is 16.5. The van der Waals surface area contributed by atoms with Crippen LogP contribution < -0.4 is 5.32 Å². The molecule has 0 fully saturated rings. The molecule has 0 atom stereocenters. The number of rotatable bonds is 6. The number of esters is 1. The Kier molecular flexibility index (Phi) is 5.02. The molecular weight excluding hydrogens is 328 g/mol. The fraction of sp³-hybridized carbons (Fsp3) is 0.250. The van der Waals surface area contributed by atoms with Crippen molar-refractivity contribution in [2.24, 2.45) is 7.05 Å². The minimum absolute atomic E-state index is 0.332. The van der Waals surface area contributed by atoms with E-state index in [1.165, 1.54) is 0 Å². The van der Waals surface area contributed by atoms with E-state index in [2.05, 4.69) is 10.3 Å². The lowest BCUT2D eigenvalue weighted by Gasteiger charge is -2.07. The topological polar surface area (TPSA) is 80.0 Å². The number of ether oxygens (including phenoxy) is 1. The van der Waals surface area contributed by atoms with E-state index in [1.54, 1.807) is 26.0 Å². The highest BCUT2D eigenvalue weighted by molar-refractivity contribution is 5.96. The van der Waals surface area contributed by atoms with Crippen LogP contribution in [0, 0.1) is 5.41 Å². The number of anilines is 1. The van der Waals surface area contributed by atoms with Gasteiger partial charge in [0.25, 0.3) is 0 Å². The lowest BCUT2D eigenvalue weighted by atomic mass is 10.1. The van der Waals surface area contributed by atoms with Crippen molar-refractivity contribution in [3.63, 3.8) is 0 Å². The molecule has 0 radical (unpaired) electrons. The number of hydrogen-bond donors (Lipinski definition) is 2. The fourth-order valence-corrected chi connectivity index (χ4v) is 2.77. The number of aromatic nitrogens is 2. The fourth-order valence-electron chi connectivity index (χ4n) is 2.77. The van der Waals surface area contributed by atoms with Crippen LogP contribution in [0.4, 0.5) is 5.69 Å². The lowest BCUT2D eigenvalue weighted by Crippen LogP contribution is -2.06. The van der Waals surface area contributed by atoms with Gasteiger partial charge in [-0.15, -0.1) is 0 Å². The average Bonchev–Trinajstić information content (AvgIpc) is 2.96. The Bertz CT molecular complexity index is 958. The third-order valence-corrected chi connectivity index (χ3v) is 4.25. The van der Waals surface area contributed by atoms with Crippen molar-refractivity contribution in [2.45, 2.75) is 20.4 Å². The number of nitrogens with zero attached hydrogens (tertiary/aromatic N) is 2. The third kappa shape index (κ3) is 3.59. The zero-order valence-corrected chi connectivity index (χ0v) is 15.2. The zero-order chi connectivity index (χ0) is 18.7. The first-order chi connectivity index (χ1) is 12.5. The van der Waals surface area contributed by atoms with Crippen molar-refractivity contribution in [1.82, 2.24) is 9.55 Å². The highest BCUT2D eigenvalue weighted by Crippen LogP contribution is 2.19. The van der Waals surface area contributed by atoms with Gasteiger partial charge in [0, 0.05) is 18.4 Å². The second-order valence-electron chi connectivity index (χ2n) is 6.07. The van der Waals surface area contributed by atoms with Crippen LogP contribution in [-0.4, -0.2) is 27.8 Å². The molecule has 0 aliphatic rings. The van der Waals surface area contributed by atoms with Gasteiger partial charge in [-0.3, -0.25) is 0 Å². The second-order valence-corrected chi connectivity index (χ2v) is 6.07. The number of carbonyl (C=O) groups excluding carboxylic acids is 1. The van der Waals surface area contributed by atoms with Gasteiger partial charge < -0.3 is 20.0 Å². The van der Waals surface area contributed by atoms with Crippen molar-refractivity contribution in [2.75, 3.05) is 11.9 Å². The van der Waals surface area contributed by atoms with E-state index in [0.717, 1.165) is 28.1 Å². The molecule has 6 heteroatoms. The van der Waals surface area contributed by atoms with Crippen LogP contribution >= 0.6 is 0 Å². The molecule has 3 aromatic rings.